The Hall–Kier alpha value is -1.88. The predicted molar refractivity (Wildman–Crippen MR) is 81.2 cm³/mol. The molecule has 1 fully saturated rings. The molecule has 1 saturated carbocycles. The van der Waals surface area contributed by atoms with Crippen molar-refractivity contribution in [3.8, 4) is 0 Å². The predicted octanol–water partition coefficient (Wildman–Crippen LogP) is 2.19. The van der Waals surface area contributed by atoms with E-state index in [1.54, 1.807) is 24.3 Å². The average Bonchev–Trinajstić information content (AvgIpc) is 3.26. The van der Waals surface area contributed by atoms with Gasteiger partial charge in [0.15, 0.2) is 0 Å². The van der Waals surface area contributed by atoms with Crippen molar-refractivity contribution >= 4 is 17.5 Å². The molecule has 0 spiro atoms. The van der Waals surface area contributed by atoms with Gasteiger partial charge in [0, 0.05) is 37.9 Å². The maximum absolute atomic E-state index is 12.0. The number of ether oxygens (including phenoxy) is 1. The van der Waals surface area contributed by atoms with Crippen molar-refractivity contribution in [2.24, 2.45) is 5.92 Å². The summed E-state index contributed by atoms with van der Waals surface area (Å²) in [6, 6.07) is 6.90. The Morgan fingerprint density at radius 1 is 1.33 bits per heavy atom. The van der Waals surface area contributed by atoms with Gasteiger partial charge in [-0.1, -0.05) is 6.07 Å². The van der Waals surface area contributed by atoms with E-state index < -0.39 is 0 Å². The standard InChI is InChI=1S/C16H22N2O3/c1-12(19)18-15-5-2-4-14(10-15)16(20)17-8-3-9-21-11-13-6-7-13/h2,4-5,10,13H,3,6-9,11H2,1H3,(H,17,20)(H,18,19). The summed E-state index contributed by atoms with van der Waals surface area (Å²) in [4.78, 5) is 23.0. The zero-order chi connectivity index (χ0) is 15.1. The topological polar surface area (TPSA) is 67.4 Å². The molecule has 1 aromatic rings. The number of nitrogens with one attached hydrogen (secondary N) is 2. The molecular weight excluding hydrogens is 268 g/mol. The van der Waals surface area contributed by atoms with Crippen LogP contribution in [0.15, 0.2) is 24.3 Å². The second kappa shape index (κ2) is 7.78. The minimum absolute atomic E-state index is 0.135. The van der Waals surface area contributed by atoms with E-state index in [0.29, 0.717) is 24.4 Å². The van der Waals surface area contributed by atoms with Crippen LogP contribution in [0.2, 0.25) is 0 Å². The molecule has 0 aromatic heterocycles. The quantitative estimate of drug-likeness (QED) is 0.721. The van der Waals surface area contributed by atoms with Gasteiger partial charge in [-0.15, -0.1) is 0 Å². The number of carbonyl (C=O) groups is 2. The molecule has 0 heterocycles. The summed E-state index contributed by atoms with van der Waals surface area (Å²) in [5.74, 6) is 0.487. The van der Waals surface area contributed by atoms with Crippen molar-refractivity contribution in [1.29, 1.82) is 0 Å². The minimum Gasteiger partial charge on any atom is -0.381 e. The van der Waals surface area contributed by atoms with Gasteiger partial charge in [-0.25, -0.2) is 0 Å². The third-order valence-electron chi connectivity index (χ3n) is 3.25. The lowest BCUT2D eigenvalue weighted by Gasteiger charge is -2.08. The first-order valence-electron chi connectivity index (χ1n) is 7.39. The Balaban J connectivity index is 1.67. The summed E-state index contributed by atoms with van der Waals surface area (Å²) in [5.41, 5.74) is 1.17. The van der Waals surface area contributed by atoms with E-state index in [4.69, 9.17) is 4.74 Å². The van der Waals surface area contributed by atoms with E-state index in [1.807, 2.05) is 0 Å². The van der Waals surface area contributed by atoms with Crippen molar-refractivity contribution in [3.05, 3.63) is 29.8 Å². The molecule has 0 aliphatic heterocycles. The maximum atomic E-state index is 12.0. The molecule has 1 aromatic carbocycles. The fraction of sp³-hybridized carbons (Fsp3) is 0.500. The normalized spacial score (nSPS) is 13.8. The van der Waals surface area contributed by atoms with E-state index in [-0.39, 0.29) is 11.8 Å². The van der Waals surface area contributed by atoms with Crippen LogP contribution in [0.1, 0.15) is 36.5 Å². The van der Waals surface area contributed by atoms with E-state index >= 15 is 0 Å². The highest BCUT2D eigenvalue weighted by Crippen LogP contribution is 2.28. The molecule has 2 amide bonds. The summed E-state index contributed by atoms with van der Waals surface area (Å²) in [7, 11) is 0. The van der Waals surface area contributed by atoms with Crippen LogP contribution in [0.5, 0.6) is 0 Å². The van der Waals surface area contributed by atoms with E-state index in [0.717, 1.165) is 18.9 Å². The largest absolute Gasteiger partial charge is 0.381 e. The maximum Gasteiger partial charge on any atom is 0.251 e. The summed E-state index contributed by atoms with van der Waals surface area (Å²) in [6.07, 6.45) is 3.40. The van der Waals surface area contributed by atoms with Gasteiger partial charge in [-0.05, 0) is 43.4 Å². The Labute approximate surface area is 125 Å². The lowest BCUT2D eigenvalue weighted by molar-refractivity contribution is -0.114. The highest BCUT2D eigenvalue weighted by atomic mass is 16.5. The monoisotopic (exact) mass is 290 g/mol. The Bertz CT molecular complexity index is 498. The number of benzene rings is 1. The third-order valence-corrected chi connectivity index (χ3v) is 3.25. The number of amides is 2. The SMILES string of the molecule is CC(=O)Nc1cccc(C(=O)NCCCOCC2CC2)c1. The van der Waals surface area contributed by atoms with E-state index in [9.17, 15) is 9.59 Å². The lowest BCUT2D eigenvalue weighted by Crippen LogP contribution is -2.25. The molecule has 0 bridgehead atoms. The molecule has 1 aliphatic carbocycles. The Morgan fingerprint density at radius 2 is 2.14 bits per heavy atom. The zero-order valence-electron chi connectivity index (χ0n) is 12.4. The van der Waals surface area contributed by atoms with Crippen LogP contribution < -0.4 is 10.6 Å². The number of anilines is 1. The van der Waals surface area contributed by atoms with Gasteiger partial charge in [0.1, 0.15) is 0 Å². The van der Waals surface area contributed by atoms with Gasteiger partial charge in [-0.3, -0.25) is 9.59 Å². The lowest BCUT2D eigenvalue weighted by atomic mass is 10.2. The first-order valence-corrected chi connectivity index (χ1v) is 7.39. The highest BCUT2D eigenvalue weighted by molar-refractivity contribution is 5.96. The molecule has 5 heteroatoms. The van der Waals surface area contributed by atoms with Gasteiger partial charge < -0.3 is 15.4 Å². The van der Waals surface area contributed by atoms with E-state index in [2.05, 4.69) is 10.6 Å². The highest BCUT2D eigenvalue weighted by Gasteiger charge is 2.20. The van der Waals surface area contributed by atoms with Gasteiger partial charge in [0.25, 0.3) is 5.91 Å². The van der Waals surface area contributed by atoms with Crippen molar-refractivity contribution < 1.29 is 14.3 Å². The van der Waals surface area contributed by atoms with Crippen LogP contribution in [-0.2, 0) is 9.53 Å². The number of rotatable bonds is 8. The van der Waals surface area contributed by atoms with Gasteiger partial charge >= 0.3 is 0 Å². The second-order valence-corrected chi connectivity index (χ2v) is 5.39. The summed E-state index contributed by atoms with van der Waals surface area (Å²) in [6.45, 7) is 3.57. The molecule has 0 atom stereocenters. The van der Waals surface area contributed by atoms with Gasteiger partial charge in [0.2, 0.25) is 5.91 Å². The number of carbonyl (C=O) groups excluding carboxylic acids is 2. The minimum atomic E-state index is -0.152. The fourth-order valence-corrected chi connectivity index (χ4v) is 1.95. The Kier molecular flexibility index (Phi) is 5.75. The molecule has 2 N–H and O–H groups in total. The average molecular weight is 290 g/mol. The number of hydrogen-bond donors (Lipinski definition) is 2. The first-order chi connectivity index (χ1) is 10.1. The molecule has 0 radical (unpaired) electrons. The molecular formula is C16H22N2O3. The summed E-state index contributed by atoms with van der Waals surface area (Å²) in [5, 5.41) is 5.51. The van der Waals surface area contributed by atoms with Crippen LogP contribution in [0.3, 0.4) is 0 Å². The second-order valence-electron chi connectivity index (χ2n) is 5.39. The van der Waals surface area contributed by atoms with Crippen LogP contribution in [0.4, 0.5) is 5.69 Å². The summed E-state index contributed by atoms with van der Waals surface area (Å²) >= 11 is 0. The molecule has 21 heavy (non-hydrogen) atoms. The molecule has 0 saturated heterocycles. The van der Waals surface area contributed by atoms with Crippen molar-refractivity contribution in [2.75, 3.05) is 25.1 Å². The first kappa shape index (κ1) is 15.5. The molecule has 1 aliphatic rings. The van der Waals surface area contributed by atoms with Gasteiger partial charge in [-0.2, -0.15) is 0 Å². The van der Waals surface area contributed by atoms with Gasteiger partial charge in [0.05, 0.1) is 0 Å². The molecule has 114 valence electrons. The van der Waals surface area contributed by atoms with E-state index in [1.165, 1.54) is 19.8 Å². The van der Waals surface area contributed by atoms with Crippen molar-refractivity contribution in [2.45, 2.75) is 26.2 Å². The van der Waals surface area contributed by atoms with Crippen LogP contribution in [0.25, 0.3) is 0 Å². The fourth-order valence-electron chi connectivity index (χ4n) is 1.95. The van der Waals surface area contributed by atoms with Crippen molar-refractivity contribution in [3.63, 3.8) is 0 Å². The van der Waals surface area contributed by atoms with Crippen molar-refractivity contribution in [1.82, 2.24) is 5.32 Å². The zero-order valence-corrected chi connectivity index (χ0v) is 12.4. The summed E-state index contributed by atoms with van der Waals surface area (Å²) < 4.78 is 5.51. The third kappa shape index (κ3) is 5.95. The number of hydrogen-bond acceptors (Lipinski definition) is 3. The van der Waals surface area contributed by atoms with Crippen LogP contribution in [0, 0.1) is 5.92 Å². The Morgan fingerprint density at radius 3 is 2.86 bits per heavy atom. The smallest absolute Gasteiger partial charge is 0.251 e. The molecule has 2 rings (SSSR count). The molecule has 5 nitrogen and oxygen atoms in total. The molecule has 0 unspecified atom stereocenters. The van der Waals surface area contributed by atoms with Crippen LogP contribution in [-0.4, -0.2) is 31.6 Å². The van der Waals surface area contributed by atoms with Crippen LogP contribution >= 0.6 is 0 Å².